The van der Waals surface area contributed by atoms with Crippen LogP contribution < -0.4 is 5.32 Å². The number of hydrogen-bond donors (Lipinski definition) is 1. The number of nitrogens with one attached hydrogen (secondary N) is 1. The summed E-state index contributed by atoms with van der Waals surface area (Å²) in [5, 5.41) is 3.26. The first-order valence-corrected chi connectivity index (χ1v) is 5.20. The van der Waals surface area contributed by atoms with Crippen molar-refractivity contribution in [3.8, 4) is 0 Å². The van der Waals surface area contributed by atoms with Crippen molar-refractivity contribution in [1.29, 1.82) is 0 Å². The molecule has 1 N–H and O–H groups in total. The summed E-state index contributed by atoms with van der Waals surface area (Å²) in [4.78, 5) is 11.7. The van der Waals surface area contributed by atoms with Gasteiger partial charge in [-0.05, 0) is 19.4 Å². The van der Waals surface area contributed by atoms with Gasteiger partial charge in [-0.2, -0.15) is 0 Å². The topological polar surface area (TPSA) is 38.3 Å². The van der Waals surface area contributed by atoms with Crippen molar-refractivity contribution in [1.82, 2.24) is 5.32 Å². The molecule has 15 heavy (non-hydrogen) atoms. The van der Waals surface area contributed by atoms with Crippen molar-refractivity contribution < 1.29 is 9.53 Å². The summed E-state index contributed by atoms with van der Waals surface area (Å²) in [5.41, 5.74) is 0.959. The molecule has 1 aliphatic rings. The summed E-state index contributed by atoms with van der Waals surface area (Å²) >= 11 is 0. The lowest BCUT2D eigenvalue weighted by Gasteiger charge is -2.32. The molecule has 1 heterocycles. The van der Waals surface area contributed by atoms with Crippen LogP contribution in [0.4, 0.5) is 0 Å². The second-order valence-corrected chi connectivity index (χ2v) is 3.94. The van der Waals surface area contributed by atoms with E-state index in [0.29, 0.717) is 0 Å². The van der Waals surface area contributed by atoms with Gasteiger partial charge in [0.05, 0.1) is 0 Å². The summed E-state index contributed by atoms with van der Waals surface area (Å²) < 4.78 is 5.26. The average molecular weight is 205 g/mol. The van der Waals surface area contributed by atoms with Gasteiger partial charge in [0.2, 0.25) is 0 Å². The van der Waals surface area contributed by atoms with Crippen LogP contribution in [0.1, 0.15) is 25.5 Å². The maximum atomic E-state index is 11.7. The van der Waals surface area contributed by atoms with Crippen molar-refractivity contribution in [2.45, 2.75) is 32.0 Å². The maximum absolute atomic E-state index is 11.7. The molecule has 0 spiro atoms. The van der Waals surface area contributed by atoms with Crippen LogP contribution in [0.25, 0.3) is 0 Å². The molecular formula is C12H15NO2. The van der Waals surface area contributed by atoms with Crippen LogP contribution in [0.15, 0.2) is 30.3 Å². The third kappa shape index (κ3) is 2.02. The number of morpholine rings is 1. The third-order valence-electron chi connectivity index (χ3n) is 2.80. The minimum absolute atomic E-state index is 0.0579. The standard InChI is InChI=1S/C12H15NO2/c1-8-9(2)15-12(14)11(13-8)10-6-4-3-5-7-10/h3-9,11,13H,1-2H3. The van der Waals surface area contributed by atoms with E-state index in [9.17, 15) is 4.79 Å². The zero-order valence-electron chi connectivity index (χ0n) is 8.94. The molecule has 0 bridgehead atoms. The van der Waals surface area contributed by atoms with E-state index in [1.54, 1.807) is 0 Å². The Labute approximate surface area is 89.4 Å². The summed E-state index contributed by atoms with van der Waals surface area (Å²) in [7, 11) is 0. The van der Waals surface area contributed by atoms with Gasteiger partial charge in [0.25, 0.3) is 0 Å². The smallest absolute Gasteiger partial charge is 0.328 e. The van der Waals surface area contributed by atoms with Crippen molar-refractivity contribution in [2.24, 2.45) is 0 Å². The zero-order chi connectivity index (χ0) is 10.8. The van der Waals surface area contributed by atoms with Gasteiger partial charge in [-0.1, -0.05) is 30.3 Å². The first-order valence-electron chi connectivity index (χ1n) is 5.20. The predicted octanol–water partition coefficient (Wildman–Crippen LogP) is 1.65. The van der Waals surface area contributed by atoms with Crippen LogP contribution in [0.5, 0.6) is 0 Å². The molecule has 1 saturated heterocycles. The Morgan fingerprint density at radius 2 is 1.87 bits per heavy atom. The highest BCUT2D eigenvalue weighted by molar-refractivity contribution is 5.78. The lowest BCUT2D eigenvalue weighted by atomic mass is 10.0. The molecule has 3 atom stereocenters. The summed E-state index contributed by atoms with van der Waals surface area (Å²) in [6.07, 6.45) is -0.0579. The van der Waals surface area contributed by atoms with Crippen LogP contribution in [-0.2, 0) is 9.53 Å². The molecule has 1 fully saturated rings. The number of ether oxygens (including phenoxy) is 1. The Kier molecular flexibility index (Phi) is 2.73. The highest BCUT2D eigenvalue weighted by Crippen LogP contribution is 2.21. The van der Waals surface area contributed by atoms with E-state index in [0.717, 1.165) is 5.56 Å². The second kappa shape index (κ2) is 4.03. The fourth-order valence-electron chi connectivity index (χ4n) is 1.70. The van der Waals surface area contributed by atoms with Gasteiger partial charge in [0.1, 0.15) is 12.1 Å². The number of carbonyl (C=O) groups excluding carboxylic acids is 1. The molecule has 80 valence electrons. The van der Waals surface area contributed by atoms with Gasteiger partial charge < -0.3 is 4.74 Å². The predicted molar refractivity (Wildman–Crippen MR) is 57.3 cm³/mol. The molecule has 1 aliphatic heterocycles. The van der Waals surface area contributed by atoms with Gasteiger partial charge in [0.15, 0.2) is 0 Å². The minimum atomic E-state index is -0.322. The monoisotopic (exact) mass is 205 g/mol. The van der Waals surface area contributed by atoms with Crippen molar-refractivity contribution >= 4 is 5.97 Å². The maximum Gasteiger partial charge on any atom is 0.328 e. The van der Waals surface area contributed by atoms with E-state index in [4.69, 9.17) is 4.74 Å². The third-order valence-corrected chi connectivity index (χ3v) is 2.80. The van der Waals surface area contributed by atoms with Gasteiger partial charge >= 0.3 is 5.97 Å². The molecule has 1 aromatic rings. The molecule has 0 aliphatic carbocycles. The molecule has 0 saturated carbocycles. The summed E-state index contributed by atoms with van der Waals surface area (Å²) in [6.45, 7) is 3.92. The van der Waals surface area contributed by atoms with Crippen molar-refractivity contribution in [2.75, 3.05) is 0 Å². The van der Waals surface area contributed by atoms with Crippen molar-refractivity contribution in [3.05, 3.63) is 35.9 Å². The van der Waals surface area contributed by atoms with Gasteiger partial charge in [-0.25, -0.2) is 4.79 Å². The van der Waals surface area contributed by atoms with Crippen LogP contribution in [0.3, 0.4) is 0 Å². The lowest BCUT2D eigenvalue weighted by Crippen LogP contribution is -2.49. The molecular weight excluding hydrogens is 190 g/mol. The number of rotatable bonds is 1. The van der Waals surface area contributed by atoms with E-state index >= 15 is 0 Å². The number of esters is 1. The number of carbonyl (C=O) groups is 1. The molecule has 0 aromatic heterocycles. The largest absolute Gasteiger partial charge is 0.460 e. The quantitative estimate of drug-likeness (QED) is 0.708. The van der Waals surface area contributed by atoms with E-state index in [2.05, 4.69) is 5.32 Å². The Balaban J connectivity index is 2.20. The lowest BCUT2D eigenvalue weighted by molar-refractivity contribution is -0.158. The zero-order valence-corrected chi connectivity index (χ0v) is 8.94. The molecule has 1 aromatic carbocycles. The SMILES string of the molecule is CC1NC(c2ccccc2)C(=O)OC1C. The number of benzene rings is 1. The summed E-state index contributed by atoms with van der Waals surface area (Å²) in [5.74, 6) is -0.188. The minimum Gasteiger partial charge on any atom is -0.460 e. The molecule has 3 nitrogen and oxygen atoms in total. The first-order chi connectivity index (χ1) is 7.18. The van der Waals surface area contributed by atoms with Gasteiger partial charge in [-0.15, -0.1) is 0 Å². The Bertz CT molecular complexity index is 350. The van der Waals surface area contributed by atoms with Crippen LogP contribution in [0.2, 0.25) is 0 Å². The fraction of sp³-hybridized carbons (Fsp3) is 0.417. The summed E-state index contributed by atoms with van der Waals surface area (Å²) in [6, 6.07) is 9.51. The van der Waals surface area contributed by atoms with Gasteiger partial charge in [0, 0.05) is 6.04 Å². The average Bonchev–Trinajstić information content (AvgIpc) is 2.25. The first kappa shape index (κ1) is 10.2. The Morgan fingerprint density at radius 1 is 1.20 bits per heavy atom. The fourth-order valence-corrected chi connectivity index (χ4v) is 1.70. The van der Waals surface area contributed by atoms with E-state index in [-0.39, 0.29) is 24.2 Å². The normalized spacial score (nSPS) is 31.1. The number of cyclic esters (lactones) is 1. The van der Waals surface area contributed by atoms with E-state index in [1.807, 2.05) is 44.2 Å². The highest BCUT2D eigenvalue weighted by atomic mass is 16.5. The van der Waals surface area contributed by atoms with Crippen LogP contribution in [0, 0.1) is 0 Å². The van der Waals surface area contributed by atoms with E-state index in [1.165, 1.54) is 0 Å². The van der Waals surface area contributed by atoms with E-state index < -0.39 is 0 Å². The molecule has 3 heteroatoms. The van der Waals surface area contributed by atoms with Gasteiger partial charge in [-0.3, -0.25) is 5.32 Å². The Hall–Kier alpha value is -1.35. The second-order valence-electron chi connectivity index (χ2n) is 3.94. The Morgan fingerprint density at radius 3 is 2.53 bits per heavy atom. The van der Waals surface area contributed by atoms with Crippen LogP contribution >= 0.6 is 0 Å². The molecule has 2 rings (SSSR count). The molecule has 0 radical (unpaired) electrons. The molecule has 3 unspecified atom stereocenters. The van der Waals surface area contributed by atoms with Crippen molar-refractivity contribution in [3.63, 3.8) is 0 Å². The highest BCUT2D eigenvalue weighted by Gasteiger charge is 2.32. The number of hydrogen-bond acceptors (Lipinski definition) is 3. The molecule has 0 amide bonds. The van der Waals surface area contributed by atoms with Crippen LogP contribution in [-0.4, -0.2) is 18.1 Å².